The zero-order chi connectivity index (χ0) is 11.7. The Bertz CT molecular complexity index is 618. The number of fused-ring (bicyclic) bond motifs is 1. The molecule has 0 amide bonds. The minimum Gasteiger partial charge on any atom is -0.449 e. The molecule has 0 spiro atoms. The molecular formula is C10H8N2O4. The molecular weight excluding hydrogens is 212 g/mol. The van der Waals surface area contributed by atoms with E-state index < -0.39 is 11.7 Å². The summed E-state index contributed by atoms with van der Waals surface area (Å²) in [6.45, 7) is 0. The van der Waals surface area contributed by atoms with Crippen LogP contribution in [-0.2, 0) is 7.05 Å². The summed E-state index contributed by atoms with van der Waals surface area (Å²) in [6, 6.07) is 4.78. The van der Waals surface area contributed by atoms with Gasteiger partial charge in [0.1, 0.15) is 5.52 Å². The number of aromatic nitrogens is 2. The molecule has 0 radical (unpaired) electrons. The summed E-state index contributed by atoms with van der Waals surface area (Å²) in [5, 5.41) is 9.04. The van der Waals surface area contributed by atoms with Gasteiger partial charge >= 0.3 is 6.16 Å². The van der Waals surface area contributed by atoms with E-state index in [1.165, 1.54) is 19.3 Å². The molecule has 0 saturated carbocycles. The van der Waals surface area contributed by atoms with E-state index in [9.17, 15) is 9.59 Å². The van der Waals surface area contributed by atoms with Gasteiger partial charge in [0.15, 0.2) is 0 Å². The first-order valence-electron chi connectivity index (χ1n) is 4.45. The maximum absolute atomic E-state index is 11.8. The van der Waals surface area contributed by atoms with Crippen LogP contribution in [0.4, 0.5) is 4.79 Å². The van der Waals surface area contributed by atoms with Crippen LogP contribution >= 0.6 is 0 Å². The van der Waals surface area contributed by atoms with Gasteiger partial charge in [0.2, 0.25) is 5.88 Å². The maximum atomic E-state index is 11.8. The first-order valence-corrected chi connectivity index (χ1v) is 4.45. The first kappa shape index (κ1) is 10.2. The SMILES string of the molecule is Cn1c(OC(=O)O)cc2cccnc2c1=O. The molecule has 6 nitrogen and oxygen atoms in total. The fourth-order valence-electron chi connectivity index (χ4n) is 1.39. The van der Waals surface area contributed by atoms with Gasteiger partial charge in [-0.2, -0.15) is 0 Å². The van der Waals surface area contributed by atoms with Gasteiger partial charge in [-0.05, 0) is 6.07 Å². The second-order valence-electron chi connectivity index (χ2n) is 3.16. The van der Waals surface area contributed by atoms with E-state index in [1.54, 1.807) is 12.1 Å². The molecule has 2 heterocycles. The van der Waals surface area contributed by atoms with Crippen molar-refractivity contribution >= 4 is 17.1 Å². The van der Waals surface area contributed by atoms with Crippen molar-refractivity contribution in [2.24, 2.45) is 7.05 Å². The molecule has 2 aromatic heterocycles. The molecule has 0 aliphatic heterocycles. The third-order valence-corrected chi connectivity index (χ3v) is 2.15. The lowest BCUT2D eigenvalue weighted by molar-refractivity contribution is 0.140. The molecule has 0 unspecified atom stereocenters. The lowest BCUT2D eigenvalue weighted by Gasteiger charge is -2.07. The third kappa shape index (κ3) is 1.60. The summed E-state index contributed by atoms with van der Waals surface area (Å²) >= 11 is 0. The number of hydrogen-bond acceptors (Lipinski definition) is 4. The third-order valence-electron chi connectivity index (χ3n) is 2.15. The highest BCUT2D eigenvalue weighted by atomic mass is 16.7. The lowest BCUT2D eigenvalue weighted by Crippen LogP contribution is -2.21. The van der Waals surface area contributed by atoms with Gasteiger partial charge in [-0.25, -0.2) is 4.79 Å². The van der Waals surface area contributed by atoms with Gasteiger partial charge in [0, 0.05) is 24.7 Å². The van der Waals surface area contributed by atoms with Crippen molar-refractivity contribution in [1.82, 2.24) is 9.55 Å². The molecule has 0 aliphatic rings. The molecule has 6 heteroatoms. The van der Waals surface area contributed by atoms with Gasteiger partial charge < -0.3 is 9.84 Å². The van der Waals surface area contributed by atoms with Crippen molar-refractivity contribution in [2.75, 3.05) is 0 Å². The summed E-state index contributed by atoms with van der Waals surface area (Å²) in [7, 11) is 1.43. The van der Waals surface area contributed by atoms with Crippen molar-refractivity contribution in [1.29, 1.82) is 0 Å². The fourth-order valence-corrected chi connectivity index (χ4v) is 1.39. The van der Waals surface area contributed by atoms with Crippen LogP contribution in [0.3, 0.4) is 0 Å². The smallest absolute Gasteiger partial charge is 0.449 e. The molecule has 0 atom stereocenters. The summed E-state index contributed by atoms with van der Waals surface area (Å²) in [5.74, 6) is -0.0296. The molecule has 16 heavy (non-hydrogen) atoms. The zero-order valence-corrected chi connectivity index (χ0v) is 8.38. The van der Waals surface area contributed by atoms with E-state index in [2.05, 4.69) is 9.72 Å². The summed E-state index contributed by atoms with van der Waals surface area (Å²) in [5.41, 5.74) is -0.114. The predicted molar refractivity (Wildman–Crippen MR) is 55.6 cm³/mol. The van der Waals surface area contributed by atoms with Crippen LogP contribution in [-0.4, -0.2) is 20.8 Å². The van der Waals surface area contributed by atoms with Gasteiger partial charge in [-0.3, -0.25) is 14.3 Å². The summed E-state index contributed by atoms with van der Waals surface area (Å²) in [6.07, 6.45) is 0.0415. The Balaban J connectivity index is 2.74. The topological polar surface area (TPSA) is 81.4 Å². The second-order valence-corrected chi connectivity index (χ2v) is 3.16. The van der Waals surface area contributed by atoms with Gasteiger partial charge in [0.05, 0.1) is 0 Å². The Morgan fingerprint density at radius 3 is 3.00 bits per heavy atom. The van der Waals surface area contributed by atoms with Crippen molar-refractivity contribution < 1.29 is 14.6 Å². The van der Waals surface area contributed by atoms with Crippen molar-refractivity contribution in [3.05, 3.63) is 34.7 Å². The van der Waals surface area contributed by atoms with Crippen LogP contribution in [0, 0.1) is 0 Å². The fraction of sp³-hybridized carbons (Fsp3) is 0.100. The highest BCUT2D eigenvalue weighted by molar-refractivity contribution is 5.79. The van der Waals surface area contributed by atoms with E-state index in [1.807, 2.05) is 0 Å². The van der Waals surface area contributed by atoms with E-state index in [-0.39, 0.29) is 11.4 Å². The number of rotatable bonds is 1. The highest BCUT2D eigenvalue weighted by Gasteiger charge is 2.10. The predicted octanol–water partition coefficient (Wildman–Crippen LogP) is 0.990. The van der Waals surface area contributed by atoms with Crippen molar-refractivity contribution in [2.45, 2.75) is 0 Å². The Kier molecular flexibility index (Phi) is 2.32. The molecule has 1 N–H and O–H groups in total. The van der Waals surface area contributed by atoms with Crippen LogP contribution < -0.4 is 10.3 Å². The van der Waals surface area contributed by atoms with E-state index in [0.29, 0.717) is 5.39 Å². The van der Waals surface area contributed by atoms with Gasteiger partial charge in [0.25, 0.3) is 5.56 Å². The first-order chi connectivity index (χ1) is 7.59. The van der Waals surface area contributed by atoms with E-state index >= 15 is 0 Å². The van der Waals surface area contributed by atoms with Crippen LogP contribution in [0.2, 0.25) is 0 Å². The molecule has 82 valence electrons. The maximum Gasteiger partial charge on any atom is 0.512 e. The normalized spacial score (nSPS) is 10.3. The van der Waals surface area contributed by atoms with Crippen LogP contribution in [0.1, 0.15) is 0 Å². The van der Waals surface area contributed by atoms with Gasteiger partial charge in [-0.15, -0.1) is 0 Å². The van der Waals surface area contributed by atoms with Crippen LogP contribution in [0.25, 0.3) is 10.9 Å². The number of carboxylic acid groups (broad SMARTS) is 1. The minimum absolute atomic E-state index is 0.0296. The number of nitrogens with zero attached hydrogens (tertiary/aromatic N) is 2. The molecule has 2 aromatic rings. The highest BCUT2D eigenvalue weighted by Crippen LogP contribution is 2.14. The number of carbonyl (C=O) groups is 1. The summed E-state index contributed by atoms with van der Waals surface area (Å²) in [4.78, 5) is 26.1. The summed E-state index contributed by atoms with van der Waals surface area (Å²) < 4.78 is 5.59. The zero-order valence-electron chi connectivity index (χ0n) is 8.38. The molecule has 0 saturated heterocycles. The molecule has 2 rings (SSSR count). The van der Waals surface area contributed by atoms with E-state index in [0.717, 1.165) is 4.57 Å². The average molecular weight is 220 g/mol. The standard InChI is InChI=1S/C10H8N2O4/c1-12-7(16-10(14)15)5-6-3-2-4-11-8(6)9(12)13/h2-5H,1H3,(H,14,15). The molecule has 0 aromatic carbocycles. The molecule has 0 fully saturated rings. The average Bonchev–Trinajstić information content (AvgIpc) is 2.25. The monoisotopic (exact) mass is 220 g/mol. The number of ether oxygens (including phenoxy) is 1. The van der Waals surface area contributed by atoms with Gasteiger partial charge in [-0.1, -0.05) is 6.07 Å². The number of hydrogen-bond donors (Lipinski definition) is 1. The number of pyridine rings is 2. The largest absolute Gasteiger partial charge is 0.512 e. The quantitative estimate of drug-likeness (QED) is 0.725. The van der Waals surface area contributed by atoms with Crippen LogP contribution in [0.5, 0.6) is 5.88 Å². The van der Waals surface area contributed by atoms with Crippen molar-refractivity contribution in [3.63, 3.8) is 0 Å². The van der Waals surface area contributed by atoms with E-state index in [4.69, 9.17) is 5.11 Å². The Hall–Kier alpha value is -2.37. The minimum atomic E-state index is -1.46. The Labute approximate surface area is 89.7 Å². The Morgan fingerprint density at radius 2 is 2.31 bits per heavy atom. The van der Waals surface area contributed by atoms with Crippen molar-refractivity contribution in [3.8, 4) is 5.88 Å². The Morgan fingerprint density at radius 1 is 1.56 bits per heavy atom. The molecule has 0 bridgehead atoms. The lowest BCUT2D eigenvalue weighted by atomic mass is 10.2. The molecule has 0 aliphatic carbocycles. The van der Waals surface area contributed by atoms with Crippen LogP contribution in [0.15, 0.2) is 29.2 Å². The second kappa shape index (κ2) is 3.65.